The van der Waals surface area contributed by atoms with Gasteiger partial charge in [0.25, 0.3) is 0 Å². The van der Waals surface area contributed by atoms with E-state index in [2.05, 4.69) is 17.5 Å². The Hall–Kier alpha value is -1.31. The number of rotatable bonds is 4. The molecule has 0 atom stereocenters. The third-order valence-corrected chi connectivity index (χ3v) is 1.76. The summed E-state index contributed by atoms with van der Waals surface area (Å²) in [6.45, 7) is 4.20. The monoisotopic (exact) mass is 176 g/mol. The quantitative estimate of drug-likeness (QED) is 0.552. The summed E-state index contributed by atoms with van der Waals surface area (Å²) in [6.07, 6.45) is 2.20. The highest BCUT2D eigenvalue weighted by atomic mass is 15.3. The number of hydrogen-bond acceptors (Lipinski definition) is 2. The Morgan fingerprint density at radius 3 is 2.62 bits per heavy atom. The largest absolute Gasteiger partial charge is 0.279 e. The van der Waals surface area contributed by atoms with Crippen LogP contribution >= 0.6 is 0 Å². The Bertz CT molecular complexity index is 265. The number of nitrogens with zero attached hydrogens (tertiary/aromatic N) is 1. The molecule has 0 fully saturated rings. The molecule has 0 unspecified atom stereocenters. The first-order valence-corrected chi connectivity index (χ1v) is 4.67. The molecule has 0 saturated heterocycles. The van der Waals surface area contributed by atoms with Gasteiger partial charge in [-0.1, -0.05) is 31.5 Å². The van der Waals surface area contributed by atoms with Crippen LogP contribution in [0.15, 0.2) is 35.4 Å². The minimum atomic E-state index is 1.04. The summed E-state index contributed by atoms with van der Waals surface area (Å²) in [5.74, 6) is 0. The number of hydrogen-bond donors (Lipinski definition) is 1. The zero-order chi connectivity index (χ0) is 9.52. The topological polar surface area (TPSA) is 24.4 Å². The van der Waals surface area contributed by atoms with Crippen molar-refractivity contribution in [3.8, 4) is 0 Å². The van der Waals surface area contributed by atoms with Crippen LogP contribution in [0.1, 0.15) is 26.7 Å². The van der Waals surface area contributed by atoms with Crippen molar-refractivity contribution >= 4 is 11.4 Å². The molecule has 2 nitrogen and oxygen atoms in total. The third-order valence-electron chi connectivity index (χ3n) is 1.76. The highest BCUT2D eigenvalue weighted by Gasteiger charge is 1.89. The molecule has 2 heteroatoms. The number of nitrogens with one attached hydrogen (secondary N) is 1. The zero-order valence-corrected chi connectivity index (χ0v) is 8.25. The average Bonchev–Trinajstić information content (AvgIpc) is 2.17. The molecule has 0 aliphatic heterocycles. The smallest absolute Gasteiger partial charge is 0.0561 e. The molecule has 13 heavy (non-hydrogen) atoms. The van der Waals surface area contributed by atoms with E-state index in [1.807, 2.05) is 37.3 Å². The van der Waals surface area contributed by atoms with Crippen LogP contribution in [0.5, 0.6) is 0 Å². The Balaban J connectivity index is 2.47. The average molecular weight is 176 g/mol. The zero-order valence-electron chi connectivity index (χ0n) is 8.25. The molecule has 0 aliphatic carbocycles. The fourth-order valence-electron chi connectivity index (χ4n) is 1.09. The molecule has 1 N–H and O–H groups in total. The predicted octanol–water partition coefficient (Wildman–Crippen LogP) is 3.27. The van der Waals surface area contributed by atoms with E-state index in [9.17, 15) is 0 Å². The molecule has 0 amide bonds. The molecule has 70 valence electrons. The van der Waals surface area contributed by atoms with Gasteiger partial charge >= 0.3 is 0 Å². The van der Waals surface area contributed by atoms with Crippen molar-refractivity contribution in [2.45, 2.75) is 26.7 Å². The summed E-state index contributed by atoms with van der Waals surface area (Å²) in [7, 11) is 0. The number of benzene rings is 1. The fraction of sp³-hybridized carbons (Fsp3) is 0.364. The van der Waals surface area contributed by atoms with Gasteiger partial charge in [-0.15, -0.1) is 0 Å². The molecular formula is C11H16N2. The van der Waals surface area contributed by atoms with Crippen molar-refractivity contribution in [2.24, 2.45) is 5.10 Å². The summed E-state index contributed by atoms with van der Waals surface area (Å²) >= 11 is 0. The van der Waals surface area contributed by atoms with E-state index in [4.69, 9.17) is 0 Å². The first kappa shape index (κ1) is 9.78. The summed E-state index contributed by atoms with van der Waals surface area (Å²) < 4.78 is 0. The molecule has 0 spiro atoms. The van der Waals surface area contributed by atoms with Gasteiger partial charge in [-0.25, -0.2) is 0 Å². The van der Waals surface area contributed by atoms with Crippen molar-refractivity contribution in [2.75, 3.05) is 5.43 Å². The molecule has 1 aromatic rings. The van der Waals surface area contributed by atoms with E-state index in [1.165, 1.54) is 0 Å². The van der Waals surface area contributed by atoms with Crippen LogP contribution < -0.4 is 5.43 Å². The lowest BCUT2D eigenvalue weighted by atomic mass is 10.2. The first-order valence-electron chi connectivity index (χ1n) is 4.67. The van der Waals surface area contributed by atoms with E-state index in [1.54, 1.807) is 0 Å². The van der Waals surface area contributed by atoms with E-state index < -0.39 is 0 Å². The molecule has 0 saturated carbocycles. The third kappa shape index (κ3) is 3.74. The fourth-order valence-corrected chi connectivity index (χ4v) is 1.09. The van der Waals surface area contributed by atoms with Crippen LogP contribution in [-0.2, 0) is 0 Å². The predicted molar refractivity (Wildman–Crippen MR) is 58.1 cm³/mol. The van der Waals surface area contributed by atoms with E-state index in [0.717, 1.165) is 24.2 Å². The molecule has 1 aromatic carbocycles. The molecule has 1 rings (SSSR count). The van der Waals surface area contributed by atoms with Crippen LogP contribution in [0, 0.1) is 0 Å². The van der Waals surface area contributed by atoms with Crippen LogP contribution in [0.4, 0.5) is 5.69 Å². The molecule has 0 bridgehead atoms. The normalized spacial score (nSPS) is 11.4. The van der Waals surface area contributed by atoms with Gasteiger partial charge in [0.15, 0.2) is 0 Å². The summed E-state index contributed by atoms with van der Waals surface area (Å²) in [4.78, 5) is 0. The maximum absolute atomic E-state index is 4.25. The van der Waals surface area contributed by atoms with Crippen molar-refractivity contribution in [1.29, 1.82) is 0 Å². The van der Waals surface area contributed by atoms with Gasteiger partial charge in [0, 0.05) is 5.71 Å². The van der Waals surface area contributed by atoms with Crippen LogP contribution in [-0.4, -0.2) is 5.71 Å². The second-order valence-corrected chi connectivity index (χ2v) is 3.07. The highest BCUT2D eigenvalue weighted by molar-refractivity contribution is 5.82. The van der Waals surface area contributed by atoms with Gasteiger partial charge in [-0.05, 0) is 25.5 Å². The van der Waals surface area contributed by atoms with Crippen molar-refractivity contribution in [1.82, 2.24) is 0 Å². The SMILES string of the molecule is CCC/C(C)=N/Nc1ccccc1. The minimum absolute atomic E-state index is 1.04. The number of para-hydroxylation sites is 1. The van der Waals surface area contributed by atoms with Crippen molar-refractivity contribution in [3.63, 3.8) is 0 Å². The van der Waals surface area contributed by atoms with E-state index in [0.29, 0.717) is 0 Å². The van der Waals surface area contributed by atoms with Crippen molar-refractivity contribution < 1.29 is 0 Å². The summed E-state index contributed by atoms with van der Waals surface area (Å²) in [6, 6.07) is 9.99. The van der Waals surface area contributed by atoms with Gasteiger partial charge in [0.05, 0.1) is 5.69 Å². The van der Waals surface area contributed by atoms with Crippen molar-refractivity contribution in [3.05, 3.63) is 30.3 Å². The maximum atomic E-state index is 4.25. The van der Waals surface area contributed by atoms with Gasteiger partial charge in [0.2, 0.25) is 0 Å². The van der Waals surface area contributed by atoms with Crippen LogP contribution in [0.25, 0.3) is 0 Å². The second-order valence-electron chi connectivity index (χ2n) is 3.07. The van der Waals surface area contributed by atoms with Gasteiger partial charge in [-0.2, -0.15) is 5.10 Å². The van der Waals surface area contributed by atoms with Crippen LogP contribution in [0.2, 0.25) is 0 Å². The van der Waals surface area contributed by atoms with E-state index >= 15 is 0 Å². The Labute approximate surface area is 79.7 Å². The Morgan fingerprint density at radius 2 is 2.00 bits per heavy atom. The Morgan fingerprint density at radius 1 is 1.31 bits per heavy atom. The lowest BCUT2D eigenvalue weighted by Gasteiger charge is -2.01. The molecule has 0 aromatic heterocycles. The lowest BCUT2D eigenvalue weighted by Crippen LogP contribution is -1.96. The number of anilines is 1. The summed E-state index contributed by atoms with van der Waals surface area (Å²) in [5, 5.41) is 4.25. The van der Waals surface area contributed by atoms with E-state index in [-0.39, 0.29) is 0 Å². The molecule has 0 radical (unpaired) electrons. The molecule has 0 aliphatic rings. The van der Waals surface area contributed by atoms with Gasteiger partial charge < -0.3 is 0 Å². The lowest BCUT2D eigenvalue weighted by molar-refractivity contribution is 0.983. The van der Waals surface area contributed by atoms with Gasteiger partial charge in [-0.3, -0.25) is 5.43 Å². The molecule has 0 heterocycles. The molecular weight excluding hydrogens is 160 g/mol. The standard InChI is InChI=1S/C11H16N2/c1-3-7-10(2)12-13-11-8-5-4-6-9-11/h4-6,8-9,13H,3,7H2,1-2H3/b12-10+. The second kappa shape index (κ2) is 5.36. The summed E-state index contributed by atoms with van der Waals surface area (Å²) in [5.41, 5.74) is 5.20. The minimum Gasteiger partial charge on any atom is -0.279 e. The van der Waals surface area contributed by atoms with Gasteiger partial charge in [0.1, 0.15) is 0 Å². The number of hydrazone groups is 1. The van der Waals surface area contributed by atoms with Crippen LogP contribution in [0.3, 0.4) is 0 Å². The Kier molecular flexibility index (Phi) is 4.03. The highest BCUT2D eigenvalue weighted by Crippen LogP contribution is 2.04. The maximum Gasteiger partial charge on any atom is 0.0561 e. The first-order chi connectivity index (χ1) is 6.33.